The van der Waals surface area contributed by atoms with Crippen molar-refractivity contribution in [1.29, 1.82) is 0 Å². The quantitative estimate of drug-likeness (QED) is 0.600. The fourth-order valence-electron chi connectivity index (χ4n) is 1.65. The van der Waals surface area contributed by atoms with Crippen LogP contribution < -0.4 is 0 Å². The summed E-state index contributed by atoms with van der Waals surface area (Å²) in [5, 5.41) is 0. The maximum absolute atomic E-state index is 2.29. The molecule has 0 bridgehead atoms. The summed E-state index contributed by atoms with van der Waals surface area (Å²) in [5.41, 5.74) is 3.40. The molecule has 0 aliphatic rings. The summed E-state index contributed by atoms with van der Waals surface area (Å²) in [6, 6.07) is 8.76. The van der Waals surface area contributed by atoms with Gasteiger partial charge in [-0.2, -0.15) is 0 Å². The Hall–Kier alpha value is -0.780. The minimum Gasteiger partial charge on any atom is -0.0683 e. The van der Waals surface area contributed by atoms with Gasteiger partial charge in [0.2, 0.25) is 0 Å². The number of rotatable bonds is 2. The fourth-order valence-corrected chi connectivity index (χ4v) is 1.65. The van der Waals surface area contributed by atoms with Crippen LogP contribution in [0.4, 0.5) is 0 Å². The molecule has 100 valence electrons. The molecule has 1 aromatic carbocycles. The van der Waals surface area contributed by atoms with Crippen LogP contribution in [-0.4, -0.2) is 0 Å². The molecule has 0 saturated heterocycles. The molecule has 0 radical (unpaired) electrons. The summed E-state index contributed by atoms with van der Waals surface area (Å²) in [6.07, 6.45) is 2.32. The molecule has 0 aromatic heterocycles. The Morgan fingerprint density at radius 2 is 1.24 bits per heavy atom. The van der Waals surface area contributed by atoms with E-state index >= 15 is 0 Å². The van der Waals surface area contributed by atoms with E-state index in [9.17, 15) is 0 Å². The molecule has 0 unspecified atom stereocenters. The largest absolute Gasteiger partial charge is 0.0683 e. The molecule has 17 heavy (non-hydrogen) atoms. The van der Waals surface area contributed by atoms with Gasteiger partial charge in [0.25, 0.3) is 0 Å². The number of hydrogen-bond acceptors (Lipinski definition) is 0. The molecule has 0 spiro atoms. The summed E-state index contributed by atoms with van der Waals surface area (Å²) in [7, 11) is 0. The molecular weight excluding hydrogens is 204 g/mol. The first-order chi connectivity index (χ1) is 8.03. The van der Waals surface area contributed by atoms with Crippen molar-refractivity contribution in [3.63, 3.8) is 0 Å². The number of aryl methyl sites for hydroxylation is 1. The van der Waals surface area contributed by atoms with Gasteiger partial charge in [-0.05, 0) is 29.4 Å². The third-order valence-corrected chi connectivity index (χ3v) is 2.22. The smallest absolute Gasteiger partial charge is 0.0227 e. The second-order valence-corrected chi connectivity index (χ2v) is 4.86. The summed E-state index contributed by atoms with van der Waals surface area (Å²) in [5.74, 6) is 0. The van der Waals surface area contributed by atoms with Crippen LogP contribution in [-0.2, 0) is 12.8 Å². The number of hydrogen-bond donors (Lipinski definition) is 0. The minimum atomic E-state index is 0.394. The summed E-state index contributed by atoms with van der Waals surface area (Å²) < 4.78 is 0. The van der Waals surface area contributed by atoms with Gasteiger partial charge in [0.15, 0.2) is 0 Å². The van der Waals surface area contributed by atoms with Crippen molar-refractivity contribution >= 4 is 0 Å². The topological polar surface area (TPSA) is 0 Å². The average Bonchev–Trinajstić information content (AvgIpc) is 2.33. The Morgan fingerprint density at radius 1 is 0.824 bits per heavy atom. The average molecular weight is 236 g/mol. The SMILES string of the molecule is CC.CC.CCc1ccccc1CC(C)(C)C. The zero-order chi connectivity index (χ0) is 13.9. The summed E-state index contributed by atoms with van der Waals surface area (Å²) in [4.78, 5) is 0. The molecule has 0 heteroatoms. The van der Waals surface area contributed by atoms with Crippen molar-refractivity contribution in [2.45, 2.75) is 68.2 Å². The van der Waals surface area contributed by atoms with Crippen molar-refractivity contribution < 1.29 is 0 Å². The maximum atomic E-state index is 2.29. The van der Waals surface area contributed by atoms with Crippen molar-refractivity contribution in [2.75, 3.05) is 0 Å². The van der Waals surface area contributed by atoms with Gasteiger partial charge in [-0.15, -0.1) is 0 Å². The molecule has 0 fully saturated rings. The van der Waals surface area contributed by atoms with Crippen LogP contribution in [0.25, 0.3) is 0 Å². The Kier molecular flexibility index (Phi) is 11.3. The standard InChI is InChI=1S/C13H20.2C2H6/c1-5-11-8-6-7-9-12(11)10-13(2,3)4;2*1-2/h6-9H,5,10H2,1-4H3;2*1-2H3. The van der Waals surface area contributed by atoms with Crippen LogP contribution in [0.1, 0.15) is 66.5 Å². The van der Waals surface area contributed by atoms with Gasteiger partial charge in [-0.3, -0.25) is 0 Å². The van der Waals surface area contributed by atoms with Gasteiger partial charge in [0.05, 0.1) is 0 Å². The number of benzene rings is 1. The molecule has 0 aliphatic carbocycles. The Labute approximate surface area is 109 Å². The maximum Gasteiger partial charge on any atom is -0.0227 e. The highest BCUT2D eigenvalue weighted by Gasteiger charge is 2.12. The van der Waals surface area contributed by atoms with Crippen molar-refractivity contribution in [3.05, 3.63) is 35.4 Å². The normalized spacial score (nSPS) is 9.65. The third kappa shape index (κ3) is 8.97. The van der Waals surface area contributed by atoms with E-state index in [-0.39, 0.29) is 0 Å². The molecule has 0 nitrogen and oxygen atoms in total. The predicted molar refractivity (Wildman–Crippen MR) is 81.7 cm³/mol. The van der Waals surface area contributed by atoms with E-state index in [0.29, 0.717) is 5.41 Å². The lowest BCUT2D eigenvalue weighted by Crippen LogP contribution is -2.10. The molecular formula is C17H32. The molecule has 1 aromatic rings. The predicted octanol–water partition coefficient (Wildman–Crippen LogP) is 5.89. The van der Waals surface area contributed by atoms with Gasteiger partial charge < -0.3 is 0 Å². The first kappa shape index (κ1) is 18.6. The van der Waals surface area contributed by atoms with Crippen LogP contribution in [0.2, 0.25) is 0 Å². The summed E-state index contributed by atoms with van der Waals surface area (Å²) >= 11 is 0. The van der Waals surface area contributed by atoms with Gasteiger partial charge >= 0.3 is 0 Å². The highest BCUT2D eigenvalue weighted by molar-refractivity contribution is 5.27. The van der Waals surface area contributed by atoms with E-state index in [0.717, 1.165) is 6.42 Å². The zero-order valence-corrected chi connectivity index (χ0v) is 13.2. The van der Waals surface area contributed by atoms with Gasteiger partial charge in [0.1, 0.15) is 0 Å². The van der Waals surface area contributed by atoms with Crippen molar-refractivity contribution in [3.8, 4) is 0 Å². The van der Waals surface area contributed by atoms with E-state index in [2.05, 4.69) is 52.0 Å². The lowest BCUT2D eigenvalue weighted by atomic mass is 9.86. The van der Waals surface area contributed by atoms with Gasteiger partial charge in [-0.25, -0.2) is 0 Å². The second-order valence-electron chi connectivity index (χ2n) is 4.86. The minimum absolute atomic E-state index is 0.394. The first-order valence-corrected chi connectivity index (χ1v) is 7.10. The van der Waals surface area contributed by atoms with Gasteiger partial charge in [0, 0.05) is 0 Å². The highest BCUT2D eigenvalue weighted by Crippen LogP contribution is 2.22. The van der Waals surface area contributed by atoms with Gasteiger partial charge in [-0.1, -0.05) is 79.7 Å². The van der Waals surface area contributed by atoms with Crippen molar-refractivity contribution in [1.82, 2.24) is 0 Å². The van der Waals surface area contributed by atoms with Crippen LogP contribution in [0.3, 0.4) is 0 Å². The molecule has 0 aliphatic heterocycles. The van der Waals surface area contributed by atoms with Crippen LogP contribution >= 0.6 is 0 Å². The molecule has 1 rings (SSSR count). The van der Waals surface area contributed by atoms with E-state index in [1.807, 2.05) is 27.7 Å². The Balaban J connectivity index is 0. The highest BCUT2D eigenvalue weighted by atomic mass is 14.2. The lowest BCUT2D eigenvalue weighted by molar-refractivity contribution is 0.410. The lowest BCUT2D eigenvalue weighted by Gasteiger charge is -2.20. The third-order valence-electron chi connectivity index (χ3n) is 2.22. The Bertz CT molecular complexity index is 266. The van der Waals surface area contributed by atoms with Crippen LogP contribution in [0, 0.1) is 5.41 Å². The van der Waals surface area contributed by atoms with E-state index in [1.165, 1.54) is 17.5 Å². The van der Waals surface area contributed by atoms with Crippen LogP contribution in [0.5, 0.6) is 0 Å². The Morgan fingerprint density at radius 3 is 1.59 bits per heavy atom. The zero-order valence-electron chi connectivity index (χ0n) is 13.2. The summed E-state index contributed by atoms with van der Waals surface area (Å²) in [6.45, 7) is 17.1. The fraction of sp³-hybridized carbons (Fsp3) is 0.647. The van der Waals surface area contributed by atoms with Crippen LogP contribution in [0.15, 0.2) is 24.3 Å². The van der Waals surface area contributed by atoms with E-state index in [4.69, 9.17) is 0 Å². The first-order valence-electron chi connectivity index (χ1n) is 7.10. The van der Waals surface area contributed by atoms with Crippen molar-refractivity contribution in [2.24, 2.45) is 5.41 Å². The molecule has 0 amide bonds. The second kappa shape index (κ2) is 10.4. The van der Waals surface area contributed by atoms with E-state index < -0.39 is 0 Å². The monoisotopic (exact) mass is 236 g/mol. The molecule has 0 saturated carbocycles. The molecule has 0 heterocycles. The molecule has 0 atom stereocenters. The molecule has 0 N–H and O–H groups in total. The van der Waals surface area contributed by atoms with E-state index in [1.54, 1.807) is 0 Å².